The SMILES string of the molecule is C(=COc1ccccc1)Cc1ccnnc1N1CCCCC1. The van der Waals surface area contributed by atoms with Gasteiger partial charge in [-0.05, 0) is 50.0 Å². The van der Waals surface area contributed by atoms with E-state index in [1.165, 1.54) is 24.8 Å². The van der Waals surface area contributed by atoms with Crippen LogP contribution in [0.25, 0.3) is 0 Å². The molecule has 0 unspecified atom stereocenters. The number of anilines is 1. The smallest absolute Gasteiger partial charge is 0.154 e. The summed E-state index contributed by atoms with van der Waals surface area (Å²) in [5.41, 5.74) is 1.20. The summed E-state index contributed by atoms with van der Waals surface area (Å²) in [5, 5.41) is 8.39. The van der Waals surface area contributed by atoms with Crippen molar-refractivity contribution in [2.45, 2.75) is 25.7 Å². The zero-order valence-corrected chi connectivity index (χ0v) is 12.7. The van der Waals surface area contributed by atoms with Crippen LogP contribution in [0.3, 0.4) is 0 Å². The van der Waals surface area contributed by atoms with Gasteiger partial charge >= 0.3 is 0 Å². The molecule has 1 aliphatic rings. The average Bonchev–Trinajstić information content (AvgIpc) is 2.61. The molecule has 0 aliphatic carbocycles. The number of rotatable bonds is 5. The minimum absolute atomic E-state index is 0.800. The standard InChI is InChI=1S/C18H21N3O/c1-3-9-17(10-4-1)22-15-7-8-16-11-12-19-20-18(16)21-13-5-2-6-14-21/h1,3-4,7,9-12,15H,2,5-6,8,13-14H2. The van der Waals surface area contributed by atoms with Gasteiger partial charge in [0.1, 0.15) is 5.75 Å². The van der Waals surface area contributed by atoms with E-state index in [1.807, 2.05) is 42.5 Å². The number of aromatic nitrogens is 2. The monoisotopic (exact) mass is 295 g/mol. The predicted molar refractivity (Wildman–Crippen MR) is 88.0 cm³/mol. The topological polar surface area (TPSA) is 38.3 Å². The molecule has 1 aromatic carbocycles. The fourth-order valence-corrected chi connectivity index (χ4v) is 2.68. The maximum absolute atomic E-state index is 5.58. The summed E-state index contributed by atoms with van der Waals surface area (Å²) < 4.78 is 5.58. The maximum atomic E-state index is 5.58. The molecule has 114 valence electrons. The highest BCUT2D eigenvalue weighted by Gasteiger charge is 2.15. The minimum Gasteiger partial charge on any atom is -0.465 e. The van der Waals surface area contributed by atoms with Gasteiger partial charge in [0.2, 0.25) is 0 Å². The number of ether oxygens (including phenoxy) is 1. The van der Waals surface area contributed by atoms with Crippen molar-refractivity contribution in [1.29, 1.82) is 0 Å². The summed E-state index contributed by atoms with van der Waals surface area (Å²) >= 11 is 0. The number of piperidine rings is 1. The van der Waals surface area contributed by atoms with Gasteiger partial charge < -0.3 is 9.64 Å². The van der Waals surface area contributed by atoms with Gasteiger partial charge in [-0.25, -0.2) is 0 Å². The first-order chi connectivity index (χ1) is 10.9. The van der Waals surface area contributed by atoms with Crippen molar-refractivity contribution in [1.82, 2.24) is 10.2 Å². The summed E-state index contributed by atoms with van der Waals surface area (Å²) in [6.45, 7) is 2.16. The van der Waals surface area contributed by atoms with Crippen LogP contribution in [0, 0.1) is 0 Å². The van der Waals surface area contributed by atoms with Gasteiger partial charge in [-0.3, -0.25) is 0 Å². The first-order valence-electron chi connectivity index (χ1n) is 7.86. The second-order valence-corrected chi connectivity index (χ2v) is 5.43. The summed E-state index contributed by atoms with van der Waals surface area (Å²) in [4.78, 5) is 2.34. The number of hydrogen-bond acceptors (Lipinski definition) is 4. The van der Waals surface area contributed by atoms with Crippen molar-refractivity contribution in [3.63, 3.8) is 0 Å². The Morgan fingerprint density at radius 1 is 1.05 bits per heavy atom. The van der Waals surface area contributed by atoms with E-state index in [-0.39, 0.29) is 0 Å². The summed E-state index contributed by atoms with van der Waals surface area (Å²) in [6, 6.07) is 11.8. The Morgan fingerprint density at radius 3 is 2.68 bits per heavy atom. The summed E-state index contributed by atoms with van der Waals surface area (Å²) in [5.74, 6) is 1.87. The van der Waals surface area contributed by atoms with Crippen molar-refractivity contribution in [3.05, 3.63) is 60.5 Å². The van der Waals surface area contributed by atoms with E-state index in [9.17, 15) is 0 Å². The van der Waals surface area contributed by atoms with E-state index in [1.54, 1.807) is 12.5 Å². The molecule has 4 nitrogen and oxygen atoms in total. The van der Waals surface area contributed by atoms with Crippen LogP contribution < -0.4 is 9.64 Å². The largest absolute Gasteiger partial charge is 0.465 e. The highest BCUT2D eigenvalue weighted by Crippen LogP contribution is 2.21. The van der Waals surface area contributed by atoms with Crippen molar-refractivity contribution >= 4 is 5.82 Å². The van der Waals surface area contributed by atoms with E-state index in [0.717, 1.165) is 31.1 Å². The Kier molecular flexibility index (Phi) is 5.03. The highest BCUT2D eigenvalue weighted by atomic mass is 16.5. The van der Waals surface area contributed by atoms with Gasteiger partial charge in [-0.2, -0.15) is 5.10 Å². The molecule has 2 heterocycles. The molecule has 22 heavy (non-hydrogen) atoms. The van der Waals surface area contributed by atoms with E-state index in [2.05, 4.69) is 15.1 Å². The second-order valence-electron chi connectivity index (χ2n) is 5.43. The van der Waals surface area contributed by atoms with Crippen LogP contribution in [0.1, 0.15) is 24.8 Å². The van der Waals surface area contributed by atoms with Crippen molar-refractivity contribution in [2.24, 2.45) is 0 Å². The molecule has 0 spiro atoms. The molecule has 0 N–H and O–H groups in total. The fraction of sp³-hybridized carbons (Fsp3) is 0.333. The first kappa shape index (κ1) is 14.6. The van der Waals surface area contributed by atoms with E-state index in [0.29, 0.717) is 0 Å². The summed E-state index contributed by atoms with van der Waals surface area (Å²) in [7, 11) is 0. The average molecular weight is 295 g/mol. The molecule has 0 radical (unpaired) electrons. The number of benzene rings is 1. The molecular formula is C18H21N3O. The lowest BCUT2D eigenvalue weighted by molar-refractivity contribution is 0.479. The Balaban J connectivity index is 1.62. The zero-order valence-electron chi connectivity index (χ0n) is 12.7. The second kappa shape index (κ2) is 7.59. The molecule has 0 atom stereocenters. The Labute approximate surface area is 131 Å². The molecule has 4 heteroatoms. The normalized spacial score (nSPS) is 15.2. The third kappa shape index (κ3) is 3.85. The molecule has 0 bridgehead atoms. The lowest BCUT2D eigenvalue weighted by Gasteiger charge is -2.28. The third-order valence-corrected chi connectivity index (χ3v) is 3.82. The zero-order chi connectivity index (χ0) is 15.0. The number of nitrogens with zero attached hydrogens (tertiary/aromatic N) is 3. The van der Waals surface area contributed by atoms with Crippen LogP contribution >= 0.6 is 0 Å². The lowest BCUT2D eigenvalue weighted by Crippen LogP contribution is -2.31. The molecule has 0 saturated carbocycles. The van der Waals surface area contributed by atoms with Gasteiger partial charge in [0, 0.05) is 18.7 Å². The Hall–Kier alpha value is -2.36. The van der Waals surface area contributed by atoms with E-state index in [4.69, 9.17) is 4.74 Å². The Bertz CT molecular complexity index is 607. The van der Waals surface area contributed by atoms with Crippen LogP contribution in [0.4, 0.5) is 5.82 Å². The number of allylic oxidation sites excluding steroid dienone is 1. The van der Waals surface area contributed by atoms with Crippen molar-refractivity contribution < 1.29 is 4.74 Å². The Morgan fingerprint density at radius 2 is 1.86 bits per heavy atom. The van der Waals surface area contributed by atoms with Crippen LogP contribution in [0.2, 0.25) is 0 Å². The molecule has 1 saturated heterocycles. The fourth-order valence-electron chi connectivity index (χ4n) is 2.68. The molecule has 3 rings (SSSR count). The molecular weight excluding hydrogens is 274 g/mol. The van der Waals surface area contributed by atoms with Gasteiger partial charge in [-0.15, -0.1) is 5.10 Å². The predicted octanol–water partition coefficient (Wildman–Crippen LogP) is 3.60. The lowest BCUT2D eigenvalue weighted by atomic mass is 10.1. The quantitative estimate of drug-likeness (QED) is 0.790. The van der Waals surface area contributed by atoms with Crippen molar-refractivity contribution in [2.75, 3.05) is 18.0 Å². The molecule has 1 aliphatic heterocycles. The van der Waals surface area contributed by atoms with Crippen LogP contribution in [0.15, 0.2) is 54.9 Å². The molecule has 2 aromatic rings. The van der Waals surface area contributed by atoms with E-state index >= 15 is 0 Å². The van der Waals surface area contributed by atoms with Gasteiger partial charge in [0.15, 0.2) is 5.82 Å². The van der Waals surface area contributed by atoms with Crippen LogP contribution in [-0.2, 0) is 6.42 Å². The van der Waals surface area contributed by atoms with Gasteiger partial charge in [0.25, 0.3) is 0 Å². The first-order valence-corrected chi connectivity index (χ1v) is 7.86. The summed E-state index contributed by atoms with van der Waals surface area (Å²) in [6.07, 6.45) is 10.1. The van der Waals surface area contributed by atoms with Crippen molar-refractivity contribution in [3.8, 4) is 5.75 Å². The molecule has 0 amide bonds. The highest BCUT2D eigenvalue weighted by molar-refractivity contribution is 5.46. The number of para-hydroxylation sites is 1. The third-order valence-electron chi connectivity index (χ3n) is 3.82. The minimum atomic E-state index is 0.800. The van der Waals surface area contributed by atoms with Gasteiger partial charge in [0.05, 0.1) is 12.5 Å². The molecule has 1 fully saturated rings. The molecule has 1 aromatic heterocycles. The van der Waals surface area contributed by atoms with Gasteiger partial charge in [-0.1, -0.05) is 18.2 Å². The van der Waals surface area contributed by atoms with Crippen LogP contribution in [0.5, 0.6) is 5.75 Å². The number of hydrogen-bond donors (Lipinski definition) is 0. The van der Waals surface area contributed by atoms with E-state index < -0.39 is 0 Å². The van der Waals surface area contributed by atoms with Crippen LogP contribution in [-0.4, -0.2) is 23.3 Å². The maximum Gasteiger partial charge on any atom is 0.154 e.